The van der Waals surface area contributed by atoms with Crippen LogP contribution in [0.3, 0.4) is 0 Å². The number of carbonyl (C=O) groups is 4. The molecule has 0 bridgehead atoms. The van der Waals surface area contributed by atoms with Crippen LogP contribution in [0.1, 0.15) is 30.1 Å². The van der Waals surface area contributed by atoms with Crippen LogP contribution in [0.25, 0.3) is 10.8 Å². The molecule has 176 valence electrons. The second-order valence-corrected chi connectivity index (χ2v) is 7.97. The van der Waals surface area contributed by atoms with Gasteiger partial charge in [0.05, 0.1) is 12.3 Å². The standard InChI is InChI=1S/C22H25N3O5.CH2O2/c1-14(19(27)24-11-8-22(30,9-12-24)21(29)23-10-13-26)25-17-7-3-5-15-4-2-6-16(18(15)17)20(25)28;2-1-3/h2-7,14,26,30H,8-13H2,1H3,(H,23,29);1H,(H,2,3). The number of nitrogens with one attached hydrogen (secondary N) is 1. The van der Waals surface area contributed by atoms with Crippen molar-refractivity contribution in [1.82, 2.24) is 10.2 Å². The lowest BCUT2D eigenvalue weighted by Gasteiger charge is -2.39. The van der Waals surface area contributed by atoms with Crippen LogP contribution in [0.2, 0.25) is 0 Å². The molecule has 0 radical (unpaired) electrons. The molecule has 4 N–H and O–H groups in total. The number of carboxylic acid groups (broad SMARTS) is 1. The summed E-state index contributed by atoms with van der Waals surface area (Å²) in [5, 5.41) is 30.6. The molecule has 0 aromatic heterocycles. The van der Waals surface area contributed by atoms with Crippen LogP contribution in [0.4, 0.5) is 5.69 Å². The maximum Gasteiger partial charge on any atom is 0.290 e. The summed E-state index contributed by atoms with van der Waals surface area (Å²) in [5.41, 5.74) is -0.234. The molecule has 3 amide bonds. The van der Waals surface area contributed by atoms with Gasteiger partial charge >= 0.3 is 0 Å². The first-order chi connectivity index (χ1) is 15.8. The van der Waals surface area contributed by atoms with Gasteiger partial charge in [0.1, 0.15) is 11.6 Å². The molecular formula is C23H27N3O7. The van der Waals surface area contributed by atoms with E-state index in [1.165, 1.54) is 4.90 Å². The lowest BCUT2D eigenvalue weighted by atomic mass is 9.90. The minimum atomic E-state index is -1.56. The monoisotopic (exact) mass is 457 g/mol. The Morgan fingerprint density at radius 1 is 1.18 bits per heavy atom. The van der Waals surface area contributed by atoms with E-state index in [0.717, 1.165) is 16.5 Å². The number of aliphatic hydroxyl groups is 2. The SMILES string of the molecule is CC(C(=O)N1CCC(O)(C(=O)NCCO)CC1)N1C(=O)c2cccc3cccc1c23.O=CO. The van der Waals surface area contributed by atoms with E-state index >= 15 is 0 Å². The predicted octanol–water partition coefficient (Wildman–Crippen LogP) is 0.351. The normalized spacial score (nSPS) is 17.2. The Hall–Kier alpha value is -3.50. The summed E-state index contributed by atoms with van der Waals surface area (Å²) in [6.45, 7) is 1.75. The van der Waals surface area contributed by atoms with Crippen molar-refractivity contribution in [3.8, 4) is 0 Å². The smallest absolute Gasteiger partial charge is 0.290 e. The number of carbonyl (C=O) groups excluding carboxylic acids is 3. The van der Waals surface area contributed by atoms with Crippen molar-refractivity contribution in [2.24, 2.45) is 0 Å². The fourth-order valence-electron chi connectivity index (χ4n) is 4.36. The Kier molecular flexibility index (Phi) is 7.29. The van der Waals surface area contributed by atoms with E-state index in [9.17, 15) is 19.5 Å². The molecule has 2 aliphatic heterocycles. The van der Waals surface area contributed by atoms with E-state index in [1.807, 2.05) is 30.3 Å². The van der Waals surface area contributed by atoms with Crippen LogP contribution in [-0.2, 0) is 14.4 Å². The van der Waals surface area contributed by atoms with Gasteiger partial charge in [-0.3, -0.25) is 24.1 Å². The predicted molar refractivity (Wildman–Crippen MR) is 120 cm³/mol. The highest BCUT2D eigenvalue weighted by atomic mass is 16.3. The van der Waals surface area contributed by atoms with Crippen LogP contribution in [0.15, 0.2) is 36.4 Å². The van der Waals surface area contributed by atoms with Gasteiger partial charge in [-0.2, -0.15) is 0 Å². The second kappa shape index (κ2) is 9.97. The quantitative estimate of drug-likeness (QED) is 0.474. The number of aliphatic hydroxyl groups excluding tert-OH is 1. The van der Waals surface area contributed by atoms with Crippen molar-refractivity contribution in [2.75, 3.05) is 31.1 Å². The molecule has 1 atom stereocenters. The van der Waals surface area contributed by atoms with E-state index < -0.39 is 17.6 Å². The molecule has 1 saturated heterocycles. The van der Waals surface area contributed by atoms with Crippen LogP contribution in [0.5, 0.6) is 0 Å². The third kappa shape index (κ3) is 4.53. The highest BCUT2D eigenvalue weighted by Crippen LogP contribution is 2.38. The maximum absolute atomic E-state index is 13.2. The summed E-state index contributed by atoms with van der Waals surface area (Å²) in [4.78, 5) is 49.8. The van der Waals surface area contributed by atoms with E-state index in [2.05, 4.69) is 5.32 Å². The molecule has 2 aromatic rings. The number of anilines is 1. The van der Waals surface area contributed by atoms with E-state index in [1.54, 1.807) is 17.9 Å². The molecule has 2 heterocycles. The average molecular weight is 457 g/mol. The summed E-state index contributed by atoms with van der Waals surface area (Å²) in [6, 6.07) is 10.5. The summed E-state index contributed by atoms with van der Waals surface area (Å²) in [5.74, 6) is -0.945. The molecule has 33 heavy (non-hydrogen) atoms. The molecule has 0 saturated carbocycles. The number of amides is 3. The maximum atomic E-state index is 13.2. The van der Waals surface area contributed by atoms with Gasteiger partial charge in [-0.1, -0.05) is 24.3 Å². The highest BCUT2D eigenvalue weighted by molar-refractivity contribution is 6.26. The average Bonchev–Trinajstić information content (AvgIpc) is 3.11. The fraction of sp³-hybridized carbons (Fsp3) is 0.391. The van der Waals surface area contributed by atoms with Gasteiger partial charge in [-0.05, 0) is 24.4 Å². The molecule has 10 heteroatoms. The van der Waals surface area contributed by atoms with E-state index in [0.29, 0.717) is 5.56 Å². The van der Waals surface area contributed by atoms with E-state index in [-0.39, 0.29) is 57.4 Å². The lowest BCUT2D eigenvalue weighted by molar-refractivity contribution is -0.149. The third-order valence-corrected chi connectivity index (χ3v) is 6.06. The first-order valence-electron chi connectivity index (χ1n) is 10.6. The van der Waals surface area contributed by atoms with Crippen molar-refractivity contribution in [2.45, 2.75) is 31.4 Å². The highest BCUT2D eigenvalue weighted by Gasteiger charge is 2.43. The molecular weight excluding hydrogens is 430 g/mol. The number of piperidine rings is 1. The largest absolute Gasteiger partial charge is 0.483 e. The van der Waals surface area contributed by atoms with Gasteiger partial charge in [-0.25, -0.2) is 0 Å². The Bertz CT molecular complexity index is 1060. The number of benzene rings is 2. The molecule has 2 aliphatic rings. The summed E-state index contributed by atoms with van der Waals surface area (Å²) >= 11 is 0. The second-order valence-electron chi connectivity index (χ2n) is 7.97. The van der Waals surface area contributed by atoms with Gasteiger partial charge < -0.3 is 25.5 Å². The first kappa shape index (κ1) is 24.1. The van der Waals surface area contributed by atoms with Crippen molar-refractivity contribution >= 4 is 40.7 Å². The summed E-state index contributed by atoms with van der Waals surface area (Å²) in [7, 11) is 0. The van der Waals surface area contributed by atoms with Gasteiger partial charge in [0.15, 0.2) is 0 Å². The number of hydrogen-bond donors (Lipinski definition) is 4. The van der Waals surface area contributed by atoms with Gasteiger partial charge in [0.2, 0.25) is 5.91 Å². The van der Waals surface area contributed by atoms with Crippen LogP contribution >= 0.6 is 0 Å². The zero-order valence-electron chi connectivity index (χ0n) is 18.2. The van der Waals surface area contributed by atoms with Crippen LogP contribution in [-0.4, -0.2) is 82.3 Å². The van der Waals surface area contributed by atoms with Crippen molar-refractivity contribution < 1.29 is 34.5 Å². The molecule has 0 spiro atoms. The van der Waals surface area contributed by atoms with Crippen molar-refractivity contribution in [1.29, 1.82) is 0 Å². The fourth-order valence-corrected chi connectivity index (χ4v) is 4.36. The minimum Gasteiger partial charge on any atom is -0.483 e. The molecule has 2 aromatic carbocycles. The summed E-state index contributed by atoms with van der Waals surface area (Å²) in [6.07, 6.45) is 0.207. The van der Waals surface area contributed by atoms with Gasteiger partial charge in [-0.15, -0.1) is 0 Å². The molecule has 1 fully saturated rings. The molecule has 10 nitrogen and oxygen atoms in total. The lowest BCUT2D eigenvalue weighted by Crippen LogP contribution is -2.57. The number of rotatable bonds is 5. The Morgan fingerprint density at radius 2 is 1.79 bits per heavy atom. The Balaban J connectivity index is 0.000000968. The third-order valence-electron chi connectivity index (χ3n) is 6.06. The van der Waals surface area contributed by atoms with E-state index in [4.69, 9.17) is 15.0 Å². The first-order valence-corrected chi connectivity index (χ1v) is 10.6. The molecule has 4 rings (SSSR count). The van der Waals surface area contributed by atoms with Crippen LogP contribution < -0.4 is 10.2 Å². The Morgan fingerprint density at radius 3 is 2.39 bits per heavy atom. The van der Waals surface area contributed by atoms with Gasteiger partial charge in [0, 0.05) is 43.4 Å². The van der Waals surface area contributed by atoms with Crippen LogP contribution in [0, 0.1) is 0 Å². The molecule has 0 aliphatic carbocycles. The number of likely N-dealkylation sites (tertiary alicyclic amines) is 1. The number of nitrogens with zero attached hydrogens (tertiary/aromatic N) is 2. The van der Waals surface area contributed by atoms with Crippen molar-refractivity contribution in [3.05, 3.63) is 42.0 Å². The Labute approximate surface area is 190 Å². The minimum absolute atomic E-state index is 0.0734. The zero-order chi connectivity index (χ0) is 24.2. The molecule has 1 unspecified atom stereocenters. The van der Waals surface area contributed by atoms with Crippen molar-refractivity contribution in [3.63, 3.8) is 0 Å². The number of hydrogen-bond acceptors (Lipinski definition) is 6. The summed E-state index contributed by atoms with van der Waals surface area (Å²) < 4.78 is 0. The zero-order valence-corrected chi connectivity index (χ0v) is 18.2. The van der Waals surface area contributed by atoms with Gasteiger partial charge in [0.25, 0.3) is 18.3 Å². The topological polar surface area (TPSA) is 147 Å².